The Balaban J connectivity index is 1.40. The summed E-state index contributed by atoms with van der Waals surface area (Å²) in [6.45, 7) is 2.15. The van der Waals surface area contributed by atoms with E-state index < -0.39 is 5.82 Å². The van der Waals surface area contributed by atoms with Gasteiger partial charge in [0.05, 0.1) is 11.8 Å². The fourth-order valence-electron chi connectivity index (χ4n) is 5.83. The summed E-state index contributed by atoms with van der Waals surface area (Å²) in [5.41, 5.74) is 7.34. The quantitative estimate of drug-likeness (QED) is 0.696. The van der Waals surface area contributed by atoms with Crippen LogP contribution in [0.3, 0.4) is 0 Å². The van der Waals surface area contributed by atoms with Crippen LogP contribution in [0.25, 0.3) is 10.9 Å². The molecular formula is C24H24FN3O2. The number of nitrogens with two attached hydrogens (primary N) is 1. The lowest BCUT2D eigenvalue weighted by Gasteiger charge is -2.23. The van der Waals surface area contributed by atoms with E-state index in [2.05, 4.69) is 11.9 Å². The third kappa shape index (κ3) is 2.85. The maximum atomic E-state index is 14.2. The number of rotatable bonds is 5. The van der Waals surface area contributed by atoms with E-state index in [4.69, 9.17) is 5.73 Å². The largest absolute Gasteiger partial charge is 0.366 e. The third-order valence-electron chi connectivity index (χ3n) is 7.17. The second-order valence-corrected chi connectivity index (χ2v) is 8.59. The van der Waals surface area contributed by atoms with Gasteiger partial charge in [-0.05, 0) is 66.7 Å². The van der Waals surface area contributed by atoms with E-state index in [9.17, 15) is 14.0 Å². The molecule has 0 aliphatic heterocycles. The number of primary amides is 1. The molecule has 1 heterocycles. The molecule has 1 amide bonds. The van der Waals surface area contributed by atoms with Crippen LogP contribution >= 0.6 is 0 Å². The van der Waals surface area contributed by atoms with Gasteiger partial charge in [-0.15, -0.1) is 0 Å². The SMILES string of the molecule is CC[C@H](c1ccccc1C(N)=O)C1[C@H]2CC(n3cnc4cccc(F)c4c3=O)C[C@H]12. The molecule has 154 valence electrons. The van der Waals surface area contributed by atoms with Gasteiger partial charge in [0.1, 0.15) is 11.2 Å². The molecule has 5 rings (SSSR count). The third-order valence-corrected chi connectivity index (χ3v) is 7.17. The van der Waals surface area contributed by atoms with Crippen molar-refractivity contribution in [3.05, 3.63) is 76.1 Å². The Morgan fingerprint density at radius 2 is 1.93 bits per heavy atom. The molecule has 2 aromatic carbocycles. The van der Waals surface area contributed by atoms with E-state index in [0.29, 0.717) is 28.8 Å². The van der Waals surface area contributed by atoms with Crippen LogP contribution in [0.1, 0.15) is 54.1 Å². The number of carbonyl (C=O) groups is 1. The van der Waals surface area contributed by atoms with Gasteiger partial charge in [0.25, 0.3) is 5.56 Å². The molecule has 2 N–H and O–H groups in total. The smallest absolute Gasteiger partial charge is 0.264 e. The Morgan fingerprint density at radius 3 is 2.63 bits per heavy atom. The first-order chi connectivity index (χ1) is 14.5. The van der Waals surface area contributed by atoms with Crippen LogP contribution in [0, 0.1) is 23.6 Å². The van der Waals surface area contributed by atoms with Gasteiger partial charge in [0, 0.05) is 11.6 Å². The minimum absolute atomic E-state index is 0.0455. The zero-order valence-electron chi connectivity index (χ0n) is 16.8. The fourth-order valence-corrected chi connectivity index (χ4v) is 5.83. The molecule has 1 aromatic heterocycles. The van der Waals surface area contributed by atoms with E-state index in [-0.39, 0.29) is 28.8 Å². The van der Waals surface area contributed by atoms with Crippen LogP contribution < -0.4 is 11.3 Å². The lowest BCUT2D eigenvalue weighted by atomic mass is 9.84. The average Bonchev–Trinajstić information content (AvgIpc) is 3.21. The van der Waals surface area contributed by atoms with E-state index in [1.807, 2.05) is 18.2 Å². The Labute approximate surface area is 173 Å². The van der Waals surface area contributed by atoms with Gasteiger partial charge in [-0.25, -0.2) is 9.37 Å². The summed E-state index contributed by atoms with van der Waals surface area (Å²) in [7, 11) is 0. The zero-order valence-corrected chi connectivity index (χ0v) is 16.8. The predicted molar refractivity (Wildman–Crippen MR) is 113 cm³/mol. The second-order valence-electron chi connectivity index (χ2n) is 8.59. The standard InChI is InChI=1S/C24H24FN3O2/c1-2-14(15-6-3-4-7-16(15)23(26)29)21-17-10-13(11-18(17)21)28-12-27-20-9-5-8-19(25)22(20)24(28)30/h3-9,12-14,17-18,21H,2,10-11H2,1H3,(H2,26,29)/t13?,14-,17+,18+,21?/m1/s1. The van der Waals surface area contributed by atoms with E-state index in [1.165, 1.54) is 6.07 Å². The number of benzene rings is 2. The van der Waals surface area contributed by atoms with E-state index in [0.717, 1.165) is 24.8 Å². The lowest BCUT2D eigenvalue weighted by molar-refractivity contribution is 0.0998. The summed E-state index contributed by atoms with van der Waals surface area (Å²) in [5, 5.41) is 0.0685. The Hall–Kier alpha value is -3.02. The zero-order chi connectivity index (χ0) is 21.0. The van der Waals surface area contributed by atoms with Crippen LogP contribution in [0.5, 0.6) is 0 Å². The number of hydrogen-bond acceptors (Lipinski definition) is 3. The first-order valence-corrected chi connectivity index (χ1v) is 10.5. The number of hydrogen-bond donors (Lipinski definition) is 1. The van der Waals surface area contributed by atoms with Crippen molar-refractivity contribution in [3.63, 3.8) is 0 Å². The number of aromatic nitrogens is 2. The highest BCUT2D eigenvalue weighted by Crippen LogP contribution is 2.66. The molecule has 0 radical (unpaired) electrons. The molecule has 3 atom stereocenters. The number of carbonyl (C=O) groups excluding carboxylic acids is 1. The predicted octanol–water partition coefficient (Wildman–Crippen LogP) is 4.03. The van der Waals surface area contributed by atoms with Crippen molar-refractivity contribution in [3.8, 4) is 0 Å². The first-order valence-electron chi connectivity index (χ1n) is 10.5. The number of amides is 1. The van der Waals surface area contributed by atoms with Crippen LogP contribution in [0.2, 0.25) is 0 Å². The van der Waals surface area contributed by atoms with Crippen LogP contribution in [-0.4, -0.2) is 15.5 Å². The minimum Gasteiger partial charge on any atom is -0.366 e. The highest BCUT2D eigenvalue weighted by atomic mass is 19.1. The molecule has 6 heteroatoms. The molecule has 2 aliphatic rings. The van der Waals surface area contributed by atoms with Crippen molar-refractivity contribution in [1.82, 2.24) is 9.55 Å². The van der Waals surface area contributed by atoms with Crippen molar-refractivity contribution in [1.29, 1.82) is 0 Å². The first kappa shape index (κ1) is 19.0. The number of halogens is 1. The molecule has 2 saturated carbocycles. The van der Waals surface area contributed by atoms with Gasteiger partial charge in [0.2, 0.25) is 5.91 Å². The second kappa shape index (κ2) is 7.04. The molecule has 0 spiro atoms. The molecule has 0 bridgehead atoms. The van der Waals surface area contributed by atoms with Crippen molar-refractivity contribution >= 4 is 16.8 Å². The fraction of sp³-hybridized carbons (Fsp3) is 0.375. The molecule has 3 aromatic rings. The van der Waals surface area contributed by atoms with Gasteiger partial charge in [0.15, 0.2) is 0 Å². The van der Waals surface area contributed by atoms with Crippen LogP contribution in [0.4, 0.5) is 4.39 Å². The molecule has 5 nitrogen and oxygen atoms in total. The molecule has 0 unspecified atom stereocenters. The molecule has 2 aliphatic carbocycles. The van der Waals surface area contributed by atoms with Gasteiger partial charge in [-0.1, -0.05) is 31.2 Å². The summed E-state index contributed by atoms with van der Waals surface area (Å²) in [5.74, 6) is 0.882. The lowest BCUT2D eigenvalue weighted by Crippen LogP contribution is -2.26. The maximum absolute atomic E-state index is 14.2. The Kier molecular flexibility index (Phi) is 4.45. The number of nitrogens with zero attached hydrogens (tertiary/aromatic N) is 2. The van der Waals surface area contributed by atoms with Crippen molar-refractivity contribution in [2.45, 2.75) is 38.1 Å². The van der Waals surface area contributed by atoms with Gasteiger partial charge in [-0.2, -0.15) is 0 Å². The normalized spacial score (nSPS) is 24.0. The summed E-state index contributed by atoms with van der Waals surface area (Å²) in [6, 6.07) is 12.2. The maximum Gasteiger partial charge on any atom is 0.264 e. The van der Waals surface area contributed by atoms with Crippen molar-refractivity contribution in [2.75, 3.05) is 0 Å². The topological polar surface area (TPSA) is 78.0 Å². The molecular weight excluding hydrogens is 381 g/mol. The molecule has 0 saturated heterocycles. The number of fused-ring (bicyclic) bond motifs is 2. The monoisotopic (exact) mass is 405 g/mol. The van der Waals surface area contributed by atoms with Crippen molar-refractivity contribution in [2.24, 2.45) is 23.5 Å². The van der Waals surface area contributed by atoms with Crippen molar-refractivity contribution < 1.29 is 9.18 Å². The summed E-state index contributed by atoms with van der Waals surface area (Å²) in [4.78, 5) is 29.1. The average molecular weight is 405 g/mol. The van der Waals surface area contributed by atoms with Gasteiger partial charge in [-0.3, -0.25) is 14.2 Å². The summed E-state index contributed by atoms with van der Waals surface area (Å²) < 4.78 is 15.8. The molecule has 2 fully saturated rings. The van der Waals surface area contributed by atoms with Gasteiger partial charge >= 0.3 is 0 Å². The van der Waals surface area contributed by atoms with E-state index >= 15 is 0 Å². The highest BCUT2D eigenvalue weighted by molar-refractivity contribution is 5.94. The summed E-state index contributed by atoms with van der Waals surface area (Å²) in [6.07, 6.45) is 4.27. The summed E-state index contributed by atoms with van der Waals surface area (Å²) >= 11 is 0. The highest BCUT2D eigenvalue weighted by Gasteiger charge is 2.59. The Morgan fingerprint density at radius 1 is 1.20 bits per heavy atom. The van der Waals surface area contributed by atoms with E-state index in [1.54, 1.807) is 29.1 Å². The van der Waals surface area contributed by atoms with Crippen LogP contribution in [0.15, 0.2) is 53.6 Å². The van der Waals surface area contributed by atoms with Crippen LogP contribution in [-0.2, 0) is 0 Å². The molecule has 30 heavy (non-hydrogen) atoms. The minimum atomic E-state index is -0.519. The van der Waals surface area contributed by atoms with Gasteiger partial charge < -0.3 is 5.73 Å². The Bertz CT molecular complexity index is 1190.